The Balaban J connectivity index is 2.08. The van der Waals surface area contributed by atoms with E-state index in [2.05, 4.69) is 26.0 Å². The van der Waals surface area contributed by atoms with Crippen molar-refractivity contribution in [2.75, 3.05) is 0 Å². The highest BCUT2D eigenvalue weighted by Crippen LogP contribution is 2.22. The number of nitrogens with zero attached hydrogens (tertiary/aromatic N) is 3. The molecule has 0 aliphatic carbocycles. The van der Waals surface area contributed by atoms with E-state index in [0.29, 0.717) is 17.1 Å². The summed E-state index contributed by atoms with van der Waals surface area (Å²) < 4.78 is 2.51. The zero-order valence-electron chi connectivity index (χ0n) is 11.3. The molecule has 0 radical (unpaired) electrons. The highest BCUT2D eigenvalue weighted by atomic mass is 79.9. The minimum atomic E-state index is 0.545. The maximum Gasteiger partial charge on any atom is 0.153 e. The lowest BCUT2D eigenvalue weighted by Crippen LogP contribution is -1.97. The van der Waals surface area contributed by atoms with E-state index in [4.69, 9.17) is 0 Å². The average molecular weight is 342 g/mol. The first kappa shape index (κ1) is 13.7. The molecule has 0 bridgehead atoms. The number of carbonyl (C=O) groups is 1. The summed E-state index contributed by atoms with van der Waals surface area (Å²) in [5, 5.41) is 4.49. The molecule has 5 heteroatoms. The third kappa shape index (κ3) is 2.78. The van der Waals surface area contributed by atoms with Crippen LogP contribution in [0.2, 0.25) is 0 Å². The van der Waals surface area contributed by atoms with Gasteiger partial charge in [-0.05, 0) is 35.0 Å². The maximum atomic E-state index is 11.3. The van der Waals surface area contributed by atoms with Crippen LogP contribution in [0.25, 0.3) is 17.1 Å². The fourth-order valence-corrected chi connectivity index (χ4v) is 2.26. The minimum absolute atomic E-state index is 0.545. The van der Waals surface area contributed by atoms with Gasteiger partial charge in [0.15, 0.2) is 12.1 Å². The Morgan fingerprint density at radius 2 is 1.90 bits per heavy atom. The molecule has 0 aliphatic rings. The van der Waals surface area contributed by atoms with Gasteiger partial charge in [-0.25, -0.2) is 9.67 Å². The van der Waals surface area contributed by atoms with E-state index in [1.54, 1.807) is 17.1 Å². The van der Waals surface area contributed by atoms with Crippen molar-refractivity contribution in [3.05, 3.63) is 64.4 Å². The second-order valence-corrected chi connectivity index (χ2v) is 5.61. The van der Waals surface area contributed by atoms with Crippen LogP contribution in [0.1, 0.15) is 15.9 Å². The van der Waals surface area contributed by atoms with Crippen LogP contribution in [0.5, 0.6) is 0 Å². The molecule has 0 spiro atoms. The molecule has 21 heavy (non-hydrogen) atoms. The highest BCUT2D eigenvalue weighted by molar-refractivity contribution is 9.10. The summed E-state index contributed by atoms with van der Waals surface area (Å²) in [5.74, 6) is 0.666. The lowest BCUT2D eigenvalue weighted by Gasteiger charge is -2.00. The standard InChI is InChI=1S/C16H12BrN3O/c1-11-2-4-12(5-3-11)16-13(10-21)9-20(19-16)15-7-6-14(17)8-18-15/h2-10H,1H3. The number of hydrogen-bond acceptors (Lipinski definition) is 3. The summed E-state index contributed by atoms with van der Waals surface area (Å²) in [4.78, 5) is 15.6. The van der Waals surface area contributed by atoms with E-state index >= 15 is 0 Å². The maximum absolute atomic E-state index is 11.3. The molecule has 4 nitrogen and oxygen atoms in total. The van der Waals surface area contributed by atoms with Gasteiger partial charge in [-0.15, -0.1) is 0 Å². The minimum Gasteiger partial charge on any atom is -0.298 e. The molecule has 3 rings (SSSR count). The van der Waals surface area contributed by atoms with Crippen LogP contribution in [-0.2, 0) is 0 Å². The number of aromatic nitrogens is 3. The summed E-state index contributed by atoms with van der Waals surface area (Å²) >= 11 is 3.35. The van der Waals surface area contributed by atoms with Gasteiger partial charge in [-0.3, -0.25) is 4.79 Å². The Morgan fingerprint density at radius 3 is 2.52 bits per heavy atom. The Morgan fingerprint density at radius 1 is 1.14 bits per heavy atom. The van der Waals surface area contributed by atoms with Crippen molar-refractivity contribution in [1.29, 1.82) is 0 Å². The van der Waals surface area contributed by atoms with E-state index < -0.39 is 0 Å². The molecule has 0 saturated heterocycles. The van der Waals surface area contributed by atoms with Crippen LogP contribution in [-0.4, -0.2) is 21.1 Å². The second kappa shape index (κ2) is 5.61. The molecule has 104 valence electrons. The molecule has 2 aromatic heterocycles. The zero-order chi connectivity index (χ0) is 14.8. The van der Waals surface area contributed by atoms with Crippen LogP contribution < -0.4 is 0 Å². The molecule has 0 saturated carbocycles. The van der Waals surface area contributed by atoms with Gasteiger partial charge >= 0.3 is 0 Å². The first-order valence-corrected chi connectivity index (χ1v) is 7.20. The van der Waals surface area contributed by atoms with Crippen LogP contribution in [0.3, 0.4) is 0 Å². The van der Waals surface area contributed by atoms with E-state index in [1.807, 2.05) is 43.3 Å². The third-order valence-electron chi connectivity index (χ3n) is 3.14. The van der Waals surface area contributed by atoms with Crippen LogP contribution in [0, 0.1) is 6.92 Å². The predicted molar refractivity (Wildman–Crippen MR) is 84.6 cm³/mol. The Hall–Kier alpha value is -2.27. The van der Waals surface area contributed by atoms with Gasteiger partial charge in [0.2, 0.25) is 0 Å². The van der Waals surface area contributed by atoms with Gasteiger partial charge in [0.25, 0.3) is 0 Å². The van der Waals surface area contributed by atoms with Crippen LogP contribution >= 0.6 is 15.9 Å². The fraction of sp³-hybridized carbons (Fsp3) is 0.0625. The highest BCUT2D eigenvalue weighted by Gasteiger charge is 2.12. The molecule has 0 unspecified atom stereocenters. The number of halogens is 1. The van der Waals surface area contributed by atoms with Gasteiger partial charge < -0.3 is 0 Å². The van der Waals surface area contributed by atoms with Gasteiger partial charge in [-0.2, -0.15) is 5.10 Å². The smallest absolute Gasteiger partial charge is 0.153 e. The van der Waals surface area contributed by atoms with E-state index in [0.717, 1.165) is 16.3 Å². The number of benzene rings is 1. The molecule has 0 fully saturated rings. The van der Waals surface area contributed by atoms with E-state index in [9.17, 15) is 4.79 Å². The van der Waals surface area contributed by atoms with Gasteiger partial charge in [0.1, 0.15) is 5.69 Å². The summed E-state index contributed by atoms with van der Waals surface area (Å²) in [6.07, 6.45) is 4.21. The molecule has 0 aliphatic heterocycles. The van der Waals surface area contributed by atoms with Crippen molar-refractivity contribution in [2.45, 2.75) is 6.92 Å². The van der Waals surface area contributed by atoms with Crippen molar-refractivity contribution in [2.24, 2.45) is 0 Å². The molecular formula is C16H12BrN3O. The topological polar surface area (TPSA) is 47.8 Å². The van der Waals surface area contributed by atoms with E-state index in [-0.39, 0.29) is 0 Å². The quantitative estimate of drug-likeness (QED) is 0.680. The lowest BCUT2D eigenvalue weighted by atomic mass is 10.1. The van der Waals surface area contributed by atoms with Crippen LogP contribution in [0.15, 0.2) is 53.3 Å². The third-order valence-corrected chi connectivity index (χ3v) is 3.61. The van der Waals surface area contributed by atoms with Crippen LogP contribution in [0.4, 0.5) is 0 Å². The normalized spacial score (nSPS) is 10.6. The Bertz CT molecular complexity index is 776. The van der Waals surface area contributed by atoms with Gasteiger partial charge in [-0.1, -0.05) is 29.8 Å². The monoisotopic (exact) mass is 341 g/mol. The number of pyridine rings is 1. The Kier molecular flexibility index (Phi) is 3.66. The average Bonchev–Trinajstić information content (AvgIpc) is 2.93. The lowest BCUT2D eigenvalue weighted by molar-refractivity contribution is 0.112. The summed E-state index contributed by atoms with van der Waals surface area (Å²) in [6.45, 7) is 2.02. The molecule has 0 amide bonds. The number of carbonyl (C=O) groups excluding carboxylic acids is 1. The molecule has 3 aromatic rings. The van der Waals surface area contributed by atoms with Crippen molar-refractivity contribution in [1.82, 2.24) is 14.8 Å². The van der Waals surface area contributed by atoms with Crippen molar-refractivity contribution < 1.29 is 4.79 Å². The molecule has 1 aromatic carbocycles. The first-order valence-electron chi connectivity index (χ1n) is 6.41. The summed E-state index contributed by atoms with van der Waals surface area (Å²) in [6, 6.07) is 11.6. The largest absolute Gasteiger partial charge is 0.298 e. The number of hydrogen-bond donors (Lipinski definition) is 0. The summed E-state index contributed by atoms with van der Waals surface area (Å²) in [5.41, 5.74) is 3.29. The first-order chi connectivity index (χ1) is 10.2. The zero-order valence-corrected chi connectivity index (χ0v) is 12.9. The van der Waals surface area contributed by atoms with E-state index in [1.165, 1.54) is 5.56 Å². The number of aryl methyl sites for hydroxylation is 1. The number of rotatable bonds is 3. The van der Waals surface area contributed by atoms with Crippen molar-refractivity contribution in [3.63, 3.8) is 0 Å². The molecule has 2 heterocycles. The summed E-state index contributed by atoms with van der Waals surface area (Å²) in [7, 11) is 0. The molecule has 0 atom stereocenters. The van der Waals surface area contributed by atoms with Gasteiger partial charge in [0, 0.05) is 22.4 Å². The van der Waals surface area contributed by atoms with Gasteiger partial charge in [0.05, 0.1) is 5.56 Å². The van der Waals surface area contributed by atoms with Crippen molar-refractivity contribution in [3.8, 4) is 17.1 Å². The fourth-order valence-electron chi connectivity index (χ4n) is 2.03. The Labute approximate surface area is 130 Å². The SMILES string of the molecule is Cc1ccc(-c2nn(-c3ccc(Br)cn3)cc2C=O)cc1. The molecular weight excluding hydrogens is 330 g/mol. The second-order valence-electron chi connectivity index (χ2n) is 4.70. The number of aldehydes is 1. The van der Waals surface area contributed by atoms with Crippen molar-refractivity contribution >= 4 is 22.2 Å². The predicted octanol–water partition coefficient (Wildman–Crippen LogP) is 3.82. The molecule has 0 N–H and O–H groups in total.